The van der Waals surface area contributed by atoms with Gasteiger partial charge in [-0.2, -0.15) is 0 Å². The maximum atomic E-state index is 13.8. The molecule has 40 heavy (non-hydrogen) atoms. The van der Waals surface area contributed by atoms with Crippen LogP contribution in [0.5, 0.6) is 0 Å². The average molecular weight is 598 g/mol. The van der Waals surface area contributed by atoms with Crippen LogP contribution in [0.1, 0.15) is 54.2 Å². The first-order valence-corrected chi connectivity index (χ1v) is 15.3. The third-order valence-corrected chi connectivity index (χ3v) is 9.32. The predicted molar refractivity (Wildman–Crippen MR) is 158 cm³/mol. The second kappa shape index (κ2) is 11.7. The average Bonchev–Trinajstić information content (AvgIpc) is 3.52. The Labute approximate surface area is 244 Å². The Morgan fingerprint density at radius 3 is 2.58 bits per heavy atom. The molecule has 0 saturated heterocycles. The molecule has 1 aliphatic carbocycles. The Kier molecular flexibility index (Phi) is 8.33. The molecule has 3 aromatic carbocycles. The van der Waals surface area contributed by atoms with Gasteiger partial charge in [-0.15, -0.1) is 0 Å². The largest absolute Gasteiger partial charge is 0.337 e. The zero-order chi connectivity index (χ0) is 28.4. The molecule has 1 N–H and O–H groups in total. The molecular formula is C30H30Cl2N4O3S. The monoisotopic (exact) mass is 596 g/mol. The van der Waals surface area contributed by atoms with E-state index >= 15 is 0 Å². The molecule has 0 spiro atoms. The van der Waals surface area contributed by atoms with Crippen molar-refractivity contribution in [3.8, 4) is 0 Å². The van der Waals surface area contributed by atoms with Gasteiger partial charge in [0.15, 0.2) is 0 Å². The summed E-state index contributed by atoms with van der Waals surface area (Å²) in [5, 5.41) is 1.01. The number of benzene rings is 3. The molecule has 0 radical (unpaired) electrons. The molecule has 2 atom stereocenters. The molecule has 0 aliphatic heterocycles. The van der Waals surface area contributed by atoms with E-state index in [0.29, 0.717) is 22.2 Å². The van der Waals surface area contributed by atoms with Crippen molar-refractivity contribution in [2.75, 3.05) is 4.90 Å². The van der Waals surface area contributed by atoms with E-state index in [-0.39, 0.29) is 29.7 Å². The zero-order valence-corrected chi connectivity index (χ0v) is 24.5. The van der Waals surface area contributed by atoms with Gasteiger partial charge in [-0.05, 0) is 77.9 Å². The Morgan fingerprint density at radius 1 is 1.10 bits per heavy atom. The molecule has 1 heterocycles. The Morgan fingerprint density at radius 2 is 1.88 bits per heavy atom. The number of fused-ring (bicyclic) bond motifs is 1. The number of amides is 1. The molecule has 4 aromatic rings. The van der Waals surface area contributed by atoms with Crippen molar-refractivity contribution < 1.29 is 13.2 Å². The summed E-state index contributed by atoms with van der Waals surface area (Å²) >= 11 is 12.1. The summed E-state index contributed by atoms with van der Waals surface area (Å²) < 4.78 is 31.0. The van der Waals surface area contributed by atoms with Gasteiger partial charge in [0.1, 0.15) is 5.82 Å². The number of carbonyl (C=O) groups excluding carboxylic acids is 1. The summed E-state index contributed by atoms with van der Waals surface area (Å²) in [6, 6.07) is 19.2. The number of hydrogen-bond donors (Lipinski definition) is 1. The lowest BCUT2D eigenvalue weighted by atomic mass is 9.97. The first-order valence-electron chi connectivity index (χ1n) is 13.0. The van der Waals surface area contributed by atoms with E-state index in [1.165, 1.54) is 12.1 Å². The minimum Gasteiger partial charge on any atom is -0.337 e. The number of aromatic nitrogens is 2. The quantitative estimate of drug-likeness (QED) is 0.241. The van der Waals surface area contributed by atoms with Gasteiger partial charge in [-0.25, -0.2) is 18.1 Å². The predicted octanol–water partition coefficient (Wildman–Crippen LogP) is 6.42. The van der Waals surface area contributed by atoms with Crippen molar-refractivity contribution in [3.63, 3.8) is 0 Å². The number of hydrogen-bond acceptors (Lipinski definition) is 4. The third kappa shape index (κ3) is 6.25. The summed E-state index contributed by atoms with van der Waals surface area (Å²) in [7, 11) is -1.90. The highest BCUT2D eigenvalue weighted by atomic mass is 35.5. The molecule has 1 aliphatic rings. The van der Waals surface area contributed by atoms with Gasteiger partial charge in [-0.3, -0.25) is 4.79 Å². The van der Waals surface area contributed by atoms with Gasteiger partial charge < -0.3 is 9.47 Å². The molecular weight excluding hydrogens is 567 g/mol. The molecule has 0 bridgehead atoms. The first-order chi connectivity index (χ1) is 19.1. The minimum absolute atomic E-state index is 0.0275. The highest BCUT2D eigenvalue weighted by molar-refractivity contribution is 7.89. The van der Waals surface area contributed by atoms with Crippen LogP contribution in [0.4, 0.5) is 5.69 Å². The second-order valence-electron chi connectivity index (χ2n) is 10.1. The number of sulfonamides is 1. The lowest BCUT2D eigenvalue weighted by Crippen LogP contribution is -2.32. The van der Waals surface area contributed by atoms with Crippen molar-refractivity contribution in [3.05, 3.63) is 112 Å². The van der Waals surface area contributed by atoms with Gasteiger partial charge >= 0.3 is 0 Å². The maximum absolute atomic E-state index is 13.8. The summed E-state index contributed by atoms with van der Waals surface area (Å²) in [5.74, 6) is 0.658. The summed E-state index contributed by atoms with van der Waals surface area (Å²) in [5.41, 5.74) is 3.65. The molecule has 5 rings (SSSR count). The summed E-state index contributed by atoms with van der Waals surface area (Å²) in [6.45, 7) is 2.30. The number of imidazole rings is 1. The first kappa shape index (κ1) is 28.4. The fourth-order valence-electron chi connectivity index (χ4n) is 5.06. The Balaban J connectivity index is 1.43. The van der Waals surface area contributed by atoms with Crippen LogP contribution in [0.3, 0.4) is 0 Å². The maximum Gasteiger partial charge on any atom is 0.241 e. The number of halogens is 2. The highest BCUT2D eigenvalue weighted by Gasteiger charge is 2.30. The molecule has 208 valence electrons. The van der Waals surface area contributed by atoms with Crippen LogP contribution in [0, 0.1) is 0 Å². The van der Waals surface area contributed by atoms with Crippen LogP contribution >= 0.6 is 23.2 Å². The van der Waals surface area contributed by atoms with Crippen LogP contribution < -0.4 is 9.62 Å². The zero-order valence-electron chi connectivity index (χ0n) is 22.2. The van der Waals surface area contributed by atoms with E-state index in [2.05, 4.69) is 9.71 Å². The molecule has 0 fully saturated rings. The van der Waals surface area contributed by atoms with E-state index in [0.717, 1.165) is 28.9 Å². The van der Waals surface area contributed by atoms with Crippen molar-refractivity contribution in [1.82, 2.24) is 14.3 Å². The van der Waals surface area contributed by atoms with Crippen LogP contribution in [0.2, 0.25) is 10.0 Å². The van der Waals surface area contributed by atoms with E-state index in [4.69, 9.17) is 23.2 Å². The summed E-state index contributed by atoms with van der Waals surface area (Å²) in [4.78, 5) is 20.1. The number of nitrogens with one attached hydrogen (secondary N) is 1. The number of nitrogens with zero attached hydrogens (tertiary/aromatic N) is 3. The topological polar surface area (TPSA) is 84.3 Å². The van der Waals surface area contributed by atoms with E-state index in [1.807, 2.05) is 67.2 Å². The fraction of sp³-hybridized carbons (Fsp3) is 0.267. The van der Waals surface area contributed by atoms with E-state index < -0.39 is 16.1 Å². The number of aryl methyl sites for hydroxylation is 2. The van der Waals surface area contributed by atoms with Crippen molar-refractivity contribution >= 4 is 44.8 Å². The second-order valence-corrected chi connectivity index (χ2v) is 12.7. The minimum atomic E-state index is -3.79. The SMILES string of the molecule is C[C@@H](CC(=O)N(Cc1nccn1C)c1ccc2c(c1)[C@@H](NS(=O)(=O)c1cccc(Cl)c1)CC2)c1ccc(Cl)cc1. The molecule has 7 nitrogen and oxygen atoms in total. The Hall–Kier alpha value is -3.17. The smallest absolute Gasteiger partial charge is 0.241 e. The van der Waals surface area contributed by atoms with Crippen molar-refractivity contribution in [2.45, 2.75) is 49.6 Å². The fourth-order valence-corrected chi connectivity index (χ4v) is 6.74. The molecule has 0 unspecified atom stereocenters. The van der Waals surface area contributed by atoms with Crippen molar-refractivity contribution in [2.24, 2.45) is 7.05 Å². The van der Waals surface area contributed by atoms with E-state index in [1.54, 1.807) is 23.2 Å². The van der Waals surface area contributed by atoms with Crippen LogP contribution in [0.15, 0.2) is 84.0 Å². The standard InChI is InChI=1S/C30H30Cl2N4O3S/c1-20(21-6-10-23(31)11-7-21)16-30(37)36(19-29-33-14-15-35(29)2)25-12-8-22-9-13-28(27(22)18-25)34-40(38,39)26-5-3-4-24(32)17-26/h3-8,10-12,14-15,17-18,20,28,34H,9,13,16,19H2,1-2H3/t20-,28-/m0/s1. The van der Waals surface area contributed by atoms with Crippen molar-refractivity contribution in [1.29, 1.82) is 0 Å². The Bertz CT molecular complexity index is 1640. The van der Waals surface area contributed by atoms with Gasteiger partial charge in [0.05, 0.1) is 11.4 Å². The lowest BCUT2D eigenvalue weighted by Gasteiger charge is -2.26. The van der Waals surface area contributed by atoms with Crippen LogP contribution in [-0.2, 0) is 34.8 Å². The number of rotatable bonds is 9. The third-order valence-electron chi connectivity index (χ3n) is 7.36. The molecule has 10 heteroatoms. The highest BCUT2D eigenvalue weighted by Crippen LogP contribution is 2.36. The number of anilines is 1. The van der Waals surface area contributed by atoms with Gasteiger partial charge in [0.25, 0.3) is 0 Å². The number of carbonyl (C=O) groups is 1. The lowest BCUT2D eigenvalue weighted by molar-refractivity contribution is -0.119. The van der Waals surface area contributed by atoms with Crippen LogP contribution in [-0.4, -0.2) is 23.9 Å². The normalized spacial score (nSPS) is 15.6. The van der Waals surface area contributed by atoms with Gasteiger partial charge in [0.2, 0.25) is 15.9 Å². The van der Waals surface area contributed by atoms with Gasteiger partial charge in [-0.1, -0.05) is 54.4 Å². The molecule has 0 saturated carbocycles. The molecule has 1 aromatic heterocycles. The summed E-state index contributed by atoms with van der Waals surface area (Å²) in [6.07, 6.45) is 5.20. The van der Waals surface area contributed by atoms with E-state index in [9.17, 15) is 13.2 Å². The van der Waals surface area contributed by atoms with Gasteiger partial charge in [0, 0.05) is 47.6 Å². The van der Waals surface area contributed by atoms with Crippen LogP contribution in [0.25, 0.3) is 0 Å². The molecule has 1 amide bonds.